The fraction of sp³-hybridized carbons (Fsp3) is 0.377. The number of hydrogen-bond donors (Lipinski definition) is 9. The maximum absolute atomic E-state index is 13.5. The Morgan fingerprint density at radius 2 is 1.02 bits per heavy atom. The Bertz CT molecular complexity index is 3420. The molecule has 81 heavy (non-hydrogen) atoms. The summed E-state index contributed by atoms with van der Waals surface area (Å²) in [6, 6.07) is 17.6. The first-order valence-electron chi connectivity index (χ1n) is 26.3. The Morgan fingerprint density at radius 1 is 0.543 bits per heavy atom. The molecule has 9 aromatic heterocycles. The predicted molar refractivity (Wildman–Crippen MR) is 298 cm³/mol. The van der Waals surface area contributed by atoms with Crippen molar-refractivity contribution in [2.45, 2.75) is 75.6 Å². The molecule has 3 unspecified atom stereocenters. The van der Waals surface area contributed by atoms with Crippen molar-refractivity contribution in [2.24, 2.45) is 11.8 Å². The molecule has 28 heteroatoms. The van der Waals surface area contributed by atoms with Gasteiger partial charge in [0.05, 0.1) is 33.8 Å². The lowest BCUT2D eigenvalue weighted by Crippen LogP contribution is -2.45. The van der Waals surface area contributed by atoms with Crippen molar-refractivity contribution in [1.29, 1.82) is 0 Å². The second-order valence-corrected chi connectivity index (χ2v) is 19.8. The number of hydrogen-bond acceptors (Lipinski definition) is 16. The summed E-state index contributed by atoms with van der Waals surface area (Å²) in [5, 5.41) is 39.4. The number of alkyl halides is 9. The van der Waals surface area contributed by atoms with Crippen molar-refractivity contribution >= 4 is 50.6 Å². The van der Waals surface area contributed by atoms with E-state index in [1.165, 1.54) is 24.4 Å². The number of piperidine rings is 3. The van der Waals surface area contributed by atoms with Gasteiger partial charge in [0.1, 0.15) is 34.5 Å². The number of pyridine rings is 6. The normalized spacial score (nSPS) is 18.2. The van der Waals surface area contributed by atoms with E-state index in [4.69, 9.17) is 5.84 Å². The number of halogens is 9. The van der Waals surface area contributed by atoms with Crippen LogP contribution < -0.4 is 32.4 Å². The van der Waals surface area contributed by atoms with Crippen molar-refractivity contribution in [1.82, 2.24) is 76.1 Å². The topological polar surface area (TPSA) is 253 Å². The van der Waals surface area contributed by atoms with E-state index in [1.54, 1.807) is 53.8 Å². The van der Waals surface area contributed by atoms with Crippen molar-refractivity contribution in [3.05, 3.63) is 108 Å². The molecule has 3 atom stereocenters. The lowest BCUT2D eigenvalue weighted by atomic mass is 10.00. The molecule has 0 saturated carbocycles. The van der Waals surface area contributed by atoms with E-state index < -0.39 is 35.2 Å². The van der Waals surface area contributed by atoms with Crippen LogP contribution in [0.1, 0.15) is 68.8 Å². The minimum atomic E-state index is -4.54. The zero-order valence-corrected chi connectivity index (χ0v) is 43.2. The summed E-state index contributed by atoms with van der Waals surface area (Å²) in [4.78, 5) is 25.0. The molecule has 0 spiro atoms. The van der Waals surface area contributed by atoms with Gasteiger partial charge in [-0.1, -0.05) is 6.42 Å². The van der Waals surface area contributed by atoms with Crippen LogP contribution in [0, 0.1) is 5.92 Å². The van der Waals surface area contributed by atoms with Crippen LogP contribution in [0.2, 0.25) is 0 Å². The van der Waals surface area contributed by atoms with Crippen molar-refractivity contribution < 1.29 is 46.6 Å². The van der Waals surface area contributed by atoms with Crippen LogP contribution in [0.25, 0.3) is 67.3 Å². The molecule has 12 rings (SSSR count). The first-order chi connectivity index (χ1) is 39.0. The van der Waals surface area contributed by atoms with Gasteiger partial charge in [0.2, 0.25) is 0 Å². The van der Waals surface area contributed by atoms with Gasteiger partial charge in [-0.2, -0.15) is 54.8 Å². The van der Waals surface area contributed by atoms with E-state index in [0.29, 0.717) is 82.1 Å². The molecule has 0 radical (unpaired) electrons. The van der Waals surface area contributed by atoms with E-state index in [9.17, 15) is 39.5 Å². The van der Waals surface area contributed by atoms with Crippen LogP contribution in [0.3, 0.4) is 0 Å². The lowest BCUT2D eigenvalue weighted by molar-refractivity contribution is -0.138. The van der Waals surface area contributed by atoms with Gasteiger partial charge in [0, 0.05) is 80.1 Å². The molecule has 3 aliphatic heterocycles. The summed E-state index contributed by atoms with van der Waals surface area (Å²) in [5.41, 5.74) is -1.33. The number of aromatic nitrogens is 12. The third-order valence-corrected chi connectivity index (χ3v) is 14.0. The molecule has 0 aromatic carbocycles. The number of nitrogens with one attached hydrogen (secondary N) is 8. The Morgan fingerprint density at radius 3 is 1.47 bits per heavy atom. The van der Waals surface area contributed by atoms with Crippen molar-refractivity contribution in [2.75, 3.05) is 61.8 Å². The first kappa shape index (κ1) is 56.2. The number of anilines is 3. The molecule has 436 valence electrons. The highest BCUT2D eigenvalue weighted by Gasteiger charge is 2.38. The average Bonchev–Trinajstić information content (AvgIpc) is 4.29. The Kier molecular flexibility index (Phi) is 16.9. The number of aromatic amines is 3. The van der Waals surface area contributed by atoms with Gasteiger partial charge >= 0.3 is 18.5 Å². The van der Waals surface area contributed by atoms with Crippen LogP contribution in [0.4, 0.5) is 57.0 Å². The summed E-state index contributed by atoms with van der Waals surface area (Å²) in [7, 11) is 0. The van der Waals surface area contributed by atoms with Gasteiger partial charge in [-0.25, -0.2) is 34.9 Å². The zero-order chi connectivity index (χ0) is 56.7. The summed E-state index contributed by atoms with van der Waals surface area (Å²) in [5.74, 6) is 7.44. The number of fused-ring (bicyclic) bond motifs is 3. The second kappa shape index (κ2) is 24.3. The molecule has 0 aliphatic carbocycles. The molecule has 19 nitrogen and oxygen atoms in total. The molecular weight excluding hydrogens is 1070 g/mol. The largest absolute Gasteiger partial charge is 0.418 e. The molecule has 3 fully saturated rings. The van der Waals surface area contributed by atoms with Gasteiger partial charge in [0.15, 0.2) is 16.9 Å². The molecule has 12 heterocycles. The van der Waals surface area contributed by atoms with Gasteiger partial charge in [-0.15, -0.1) is 0 Å². The van der Waals surface area contributed by atoms with Crippen LogP contribution in [-0.4, -0.2) is 123 Å². The van der Waals surface area contributed by atoms with E-state index in [-0.39, 0.29) is 47.3 Å². The smallest absolute Gasteiger partial charge is 0.370 e. The number of rotatable bonds is 11. The maximum atomic E-state index is 13.5. The standard InChI is InChI=1S/2C18H19F3N6.C17H18F3N7.5H2/c19-18(20,21)13-5-6-14(24-10-11-3-1-7-22-9-11)25-16(13)15-12-4-2-8-23-17(12)27-26-15;19-18(20,21)13-6-7-14(24-10-11-4-1-2-8-22-11)25-16(13)15-12-5-3-9-23-17(12)27-26-15;18-17(19,20)12-5-6-13(23-10-3-2-8-27(21)9-10)24-15(12)14-11-4-1-7-22-16(11)26-25-14;;;;;/h2,4-6,8,11,22H,1,3,7,9-10H2,(H,24,25)(H,23,26,27);3,5-7,9,11,22H,1-2,4,8,10H2,(H,24,25)(H,23,26,27);1,4-7,10H,2-3,8-9,21H2,(H,23,24)(H,22,25,26);5*1H. The maximum Gasteiger partial charge on any atom is 0.418 e. The monoisotopic (exact) mass is 1140 g/mol. The molecule has 0 amide bonds. The average molecular weight is 1140 g/mol. The highest BCUT2D eigenvalue weighted by molar-refractivity contribution is 5.92. The van der Waals surface area contributed by atoms with E-state index >= 15 is 0 Å². The minimum Gasteiger partial charge on any atom is -0.370 e. The Balaban J connectivity index is 0.000000229. The van der Waals surface area contributed by atoms with Gasteiger partial charge in [-0.3, -0.25) is 21.1 Å². The number of H-pyrrole nitrogens is 3. The van der Waals surface area contributed by atoms with Crippen molar-refractivity contribution in [3.63, 3.8) is 0 Å². The number of nitrogens with two attached hydrogens (primary N) is 1. The summed E-state index contributed by atoms with van der Waals surface area (Å²) in [6.45, 7) is 5.56. The Hall–Kier alpha value is -8.08. The van der Waals surface area contributed by atoms with Crippen molar-refractivity contribution in [3.8, 4) is 34.2 Å². The quantitative estimate of drug-likeness (QED) is 0.0431. The second-order valence-electron chi connectivity index (χ2n) is 19.8. The number of hydrazine groups is 1. The third-order valence-electron chi connectivity index (χ3n) is 14.0. The van der Waals surface area contributed by atoms with Gasteiger partial charge in [-0.05, 0) is 137 Å². The van der Waals surface area contributed by atoms with E-state index in [1.807, 2.05) is 0 Å². The zero-order valence-electron chi connectivity index (χ0n) is 43.2. The molecule has 0 bridgehead atoms. The predicted octanol–water partition coefficient (Wildman–Crippen LogP) is 11.1. The fourth-order valence-electron chi connectivity index (χ4n) is 10.0. The Labute approximate surface area is 463 Å². The van der Waals surface area contributed by atoms with Crippen LogP contribution in [0.15, 0.2) is 91.4 Å². The fourth-order valence-corrected chi connectivity index (χ4v) is 10.0. The first-order valence-corrected chi connectivity index (χ1v) is 26.3. The summed E-state index contributed by atoms with van der Waals surface area (Å²) < 4.78 is 122. The molecular formula is C53H66F9N19. The molecule has 9 aromatic rings. The SMILES string of the molecule is FC(F)(F)c1ccc(NCC2CCCCN2)nc1-c1[nH]nc2ncccc12.FC(F)(F)c1ccc(NCC2CCCNC2)nc1-c1[nH]nc2ncccc12.NN1CCCC(Nc2ccc(C(F)(F)F)c(-c3[nH]nc4ncccc34)n2)C1.[HH].[HH].[HH].[HH].[HH]. The highest BCUT2D eigenvalue weighted by Crippen LogP contribution is 2.41. The van der Waals surface area contributed by atoms with Crippen LogP contribution in [-0.2, 0) is 18.5 Å². The minimum absolute atomic E-state index is 0. The molecule has 3 aliphatic rings. The molecule has 10 N–H and O–H groups in total. The highest BCUT2D eigenvalue weighted by atomic mass is 19.4. The van der Waals surface area contributed by atoms with E-state index in [0.717, 1.165) is 89.3 Å². The van der Waals surface area contributed by atoms with Crippen LogP contribution >= 0.6 is 0 Å². The number of nitrogens with zero attached hydrogens (tertiary/aromatic N) is 10. The molecule has 3 saturated heterocycles. The van der Waals surface area contributed by atoms with E-state index in [2.05, 4.69) is 87.1 Å². The third kappa shape index (κ3) is 13.6. The summed E-state index contributed by atoms with van der Waals surface area (Å²) in [6.07, 6.45) is -1.64. The lowest BCUT2D eigenvalue weighted by Gasteiger charge is -2.30. The summed E-state index contributed by atoms with van der Waals surface area (Å²) >= 11 is 0. The van der Waals surface area contributed by atoms with Gasteiger partial charge in [0.25, 0.3) is 0 Å². The van der Waals surface area contributed by atoms with Crippen LogP contribution in [0.5, 0.6) is 0 Å². The van der Waals surface area contributed by atoms with Gasteiger partial charge < -0.3 is 26.6 Å².